The predicted molar refractivity (Wildman–Crippen MR) is 49.7 cm³/mol. The normalized spacial score (nSPS) is 12.3. The number of carbonyl (C=O) groups excluding carboxylic acids is 1. The van der Waals surface area contributed by atoms with Crippen LogP contribution in [-0.2, 0) is 6.54 Å². The third-order valence-corrected chi connectivity index (χ3v) is 1.99. The van der Waals surface area contributed by atoms with Crippen LogP contribution < -0.4 is 20.3 Å². The van der Waals surface area contributed by atoms with Crippen LogP contribution in [0.4, 0.5) is 4.79 Å². The van der Waals surface area contributed by atoms with Crippen molar-refractivity contribution in [1.82, 2.24) is 10.8 Å². The van der Waals surface area contributed by atoms with Crippen LogP contribution in [0.25, 0.3) is 0 Å². The molecule has 1 aromatic carbocycles. The summed E-state index contributed by atoms with van der Waals surface area (Å²) in [6.07, 6.45) is 0. The molecule has 3 N–H and O–H groups in total. The zero-order valence-corrected chi connectivity index (χ0v) is 7.82. The average molecular weight is 210 g/mol. The van der Waals surface area contributed by atoms with E-state index in [4.69, 9.17) is 14.7 Å². The molecule has 6 heteroatoms. The molecule has 0 radical (unpaired) electrons. The quantitative estimate of drug-likeness (QED) is 0.493. The molecule has 1 aliphatic rings. The summed E-state index contributed by atoms with van der Waals surface area (Å²) >= 11 is 0. The van der Waals surface area contributed by atoms with Gasteiger partial charge in [-0.25, -0.2) is 10.3 Å². The highest BCUT2D eigenvalue weighted by Gasteiger charge is 2.13. The van der Waals surface area contributed by atoms with E-state index in [0.717, 1.165) is 5.56 Å². The maximum atomic E-state index is 10.7. The summed E-state index contributed by atoms with van der Waals surface area (Å²) in [6.45, 7) is 0.534. The van der Waals surface area contributed by atoms with Crippen molar-refractivity contribution < 1.29 is 19.5 Å². The molecule has 80 valence electrons. The Morgan fingerprint density at radius 3 is 3.00 bits per heavy atom. The number of rotatable bonds is 2. The summed E-state index contributed by atoms with van der Waals surface area (Å²) in [7, 11) is 0. The number of amides is 2. The second-order valence-corrected chi connectivity index (χ2v) is 2.98. The number of ether oxygens (including phenoxy) is 2. The molecule has 0 saturated carbocycles. The first-order valence-corrected chi connectivity index (χ1v) is 4.36. The van der Waals surface area contributed by atoms with E-state index in [1.807, 2.05) is 6.07 Å². The Hall–Kier alpha value is -1.95. The molecule has 15 heavy (non-hydrogen) atoms. The number of fused-ring (bicyclic) bond motifs is 1. The fourth-order valence-corrected chi connectivity index (χ4v) is 1.27. The van der Waals surface area contributed by atoms with Gasteiger partial charge < -0.3 is 14.8 Å². The van der Waals surface area contributed by atoms with Crippen molar-refractivity contribution in [3.05, 3.63) is 23.8 Å². The summed E-state index contributed by atoms with van der Waals surface area (Å²) in [5.74, 6) is 1.36. The van der Waals surface area contributed by atoms with Gasteiger partial charge in [-0.3, -0.25) is 5.21 Å². The van der Waals surface area contributed by atoms with E-state index in [1.165, 1.54) is 5.48 Å². The molecular formula is C9H10N2O4. The van der Waals surface area contributed by atoms with Crippen LogP contribution in [0, 0.1) is 0 Å². The molecule has 0 aromatic heterocycles. The van der Waals surface area contributed by atoms with Crippen LogP contribution in [0.1, 0.15) is 5.56 Å². The van der Waals surface area contributed by atoms with Crippen molar-refractivity contribution in [1.29, 1.82) is 0 Å². The van der Waals surface area contributed by atoms with Crippen molar-refractivity contribution in [3.63, 3.8) is 0 Å². The van der Waals surface area contributed by atoms with Gasteiger partial charge in [-0.05, 0) is 17.7 Å². The second kappa shape index (κ2) is 4.05. The molecule has 1 aliphatic heterocycles. The third kappa shape index (κ3) is 2.10. The SMILES string of the molecule is O=C(NO)NCc1ccc2c(c1)OCO2. The molecule has 2 rings (SSSR count). The van der Waals surface area contributed by atoms with Gasteiger partial charge in [-0.1, -0.05) is 6.07 Å². The van der Waals surface area contributed by atoms with E-state index < -0.39 is 6.03 Å². The Balaban J connectivity index is 2.01. The Morgan fingerprint density at radius 2 is 2.20 bits per heavy atom. The lowest BCUT2D eigenvalue weighted by Gasteiger charge is -2.04. The van der Waals surface area contributed by atoms with Gasteiger partial charge in [0.2, 0.25) is 6.79 Å². The average Bonchev–Trinajstić information content (AvgIpc) is 2.72. The molecule has 0 fully saturated rings. The Labute approximate surface area is 85.8 Å². The molecule has 6 nitrogen and oxygen atoms in total. The minimum Gasteiger partial charge on any atom is -0.454 e. The minimum atomic E-state index is -0.646. The van der Waals surface area contributed by atoms with Gasteiger partial charge in [0.1, 0.15) is 0 Å². The Kier molecular flexibility index (Phi) is 2.59. The maximum Gasteiger partial charge on any atom is 0.338 e. The smallest absolute Gasteiger partial charge is 0.338 e. The first-order valence-electron chi connectivity index (χ1n) is 4.36. The molecule has 0 unspecified atom stereocenters. The van der Waals surface area contributed by atoms with E-state index in [0.29, 0.717) is 18.0 Å². The molecule has 1 heterocycles. The van der Waals surface area contributed by atoms with Crippen molar-refractivity contribution >= 4 is 6.03 Å². The van der Waals surface area contributed by atoms with Gasteiger partial charge in [0.25, 0.3) is 0 Å². The van der Waals surface area contributed by atoms with Crippen molar-refractivity contribution in [2.75, 3.05) is 6.79 Å². The zero-order chi connectivity index (χ0) is 10.7. The topological polar surface area (TPSA) is 79.8 Å². The van der Waals surface area contributed by atoms with Crippen LogP contribution in [0.3, 0.4) is 0 Å². The molecule has 1 aromatic rings. The van der Waals surface area contributed by atoms with E-state index in [9.17, 15) is 4.79 Å². The van der Waals surface area contributed by atoms with Crippen LogP contribution in [-0.4, -0.2) is 18.0 Å². The standard InChI is InChI=1S/C9H10N2O4/c12-9(11-13)10-4-6-1-2-7-8(3-6)15-5-14-7/h1-3,13H,4-5H2,(H2,10,11,12). The lowest BCUT2D eigenvalue weighted by atomic mass is 10.2. The predicted octanol–water partition coefficient (Wildman–Crippen LogP) is 0.604. The highest BCUT2D eigenvalue weighted by Crippen LogP contribution is 2.32. The van der Waals surface area contributed by atoms with Crippen LogP contribution >= 0.6 is 0 Å². The lowest BCUT2D eigenvalue weighted by Crippen LogP contribution is -2.32. The zero-order valence-electron chi connectivity index (χ0n) is 7.82. The first kappa shape index (κ1) is 9.60. The molecule has 0 bridgehead atoms. The molecule has 2 amide bonds. The Morgan fingerprint density at radius 1 is 1.40 bits per heavy atom. The minimum absolute atomic E-state index is 0.226. The highest BCUT2D eigenvalue weighted by atomic mass is 16.7. The van der Waals surface area contributed by atoms with Crippen LogP contribution in [0.5, 0.6) is 11.5 Å². The van der Waals surface area contributed by atoms with Crippen molar-refractivity contribution in [3.8, 4) is 11.5 Å². The largest absolute Gasteiger partial charge is 0.454 e. The van der Waals surface area contributed by atoms with Gasteiger partial charge in [0, 0.05) is 6.54 Å². The third-order valence-electron chi connectivity index (χ3n) is 1.99. The first-order chi connectivity index (χ1) is 7.29. The number of hydrogen-bond donors (Lipinski definition) is 3. The van der Waals surface area contributed by atoms with E-state index in [1.54, 1.807) is 12.1 Å². The van der Waals surface area contributed by atoms with Crippen LogP contribution in [0.15, 0.2) is 18.2 Å². The summed E-state index contributed by atoms with van der Waals surface area (Å²) in [5, 5.41) is 10.7. The maximum absolute atomic E-state index is 10.7. The molecule has 0 atom stereocenters. The number of hydroxylamine groups is 1. The number of nitrogens with one attached hydrogen (secondary N) is 2. The number of urea groups is 1. The molecule has 0 spiro atoms. The van der Waals surface area contributed by atoms with Gasteiger partial charge in [0.15, 0.2) is 11.5 Å². The van der Waals surface area contributed by atoms with Gasteiger partial charge >= 0.3 is 6.03 Å². The van der Waals surface area contributed by atoms with Crippen LogP contribution in [0.2, 0.25) is 0 Å². The molecule has 0 aliphatic carbocycles. The fourth-order valence-electron chi connectivity index (χ4n) is 1.27. The van der Waals surface area contributed by atoms with E-state index in [2.05, 4.69) is 5.32 Å². The number of carbonyl (C=O) groups is 1. The summed E-state index contributed by atoms with van der Waals surface area (Å²) in [6, 6.07) is 4.72. The van der Waals surface area contributed by atoms with E-state index in [-0.39, 0.29) is 6.79 Å². The number of hydrogen-bond acceptors (Lipinski definition) is 4. The summed E-state index contributed by atoms with van der Waals surface area (Å²) in [4.78, 5) is 10.7. The van der Waals surface area contributed by atoms with E-state index >= 15 is 0 Å². The molecular weight excluding hydrogens is 200 g/mol. The van der Waals surface area contributed by atoms with Gasteiger partial charge in [-0.15, -0.1) is 0 Å². The Bertz CT molecular complexity index is 380. The fraction of sp³-hybridized carbons (Fsp3) is 0.222. The second-order valence-electron chi connectivity index (χ2n) is 2.98. The lowest BCUT2D eigenvalue weighted by molar-refractivity contribution is 0.161. The highest BCUT2D eigenvalue weighted by molar-refractivity contribution is 5.72. The number of benzene rings is 1. The summed E-state index contributed by atoms with van der Waals surface area (Å²) in [5.41, 5.74) is 2.35. The van der Waals surface area contributed by atoms with Gasteiger partial charge in [-0.2, -0.15) is 0 Å². The monoisotopic (exact) mass is 210 g/mol. The summed E-state index contributed by atoms with van der Waals surface area (Å²) < 4.78 is 10.3. The molecule has 0 saturated heterocycles. The van der Waals surface area contributed by atoms with Crippen molar-refractivity contribution in [2.24, 2.45) is 0 Å². The van der Waals surface area contributed by atoms with Gasteiger partial charge in [0.05, 0.1) is 0 Å². The van der Waals surface area contributed by atoms with Crippen molar-refractivity contribution in [2.45, 2.75) is 6.54 Å².